The Hall–Kier alpha value is -3.88. The van der Waals surface area contributed by atoms with Gasteiger partial charge in [-0.25, -0.2) is 9.48 Å². The number of nitrogens with one attached hydrogen (secondary N) is 1. The summed E-state index contributed by atoms with van der Waals surface area (Å²) in [4.78, 5) is 33.3. The average molecular weight is 390 g/mol. The van der Waals surface area contributed by atoms with Gasteiger partial charge in [-0.3, -0.25) is 19.6 Å². The number of aromatic nitrogens is 2. The van der Waals surface area contributed by atoms with Crippen LogP contribution in [-0.2, 0) is 11.3 Å². The van der Waals surface area contributed by atoms with Crippen LogP contribution in [0.5, 0.6) is 0 Å². The number of benzene rings is 1. The van der Waals surface area contributed by atoms with E-state index in [4.69, 9.17) is 4.42 Å². The van der Waals surface area contributed by atoms with Crippen LogP contribution in [0.2, 0.25) is 0 Å². The van der Waals surface area contributed by atoms with Crippen molar-refractivity contribution < 1.29 is 14.0 Å². The summed E-state index contributed by atoms with van der Waals surface area (Å²) in [5.41, 5.74) is 1.54. The van der Waals surface area contributed by atoms with Gasteiger partial charge >= 0.3 is 6.03 Å². The summed E-state index contributed by atoms with van der Waals surface area (Å²) in [6.07, 6.45) is 3.24. The molecule has 3 amide bonds. The number of anilines is 1. The highest BCUT2D eigenvalue weighted by molar-refractivity contribution is 6.20. The molecule has 4 heterocycles. The lowest BCUT2D eigenvalue weighted by Gasteiger charge is -2.33. The smallest absolute Gasteiger partial charge is 0.331 e. The highest BCUT2D eigenvalue weighted by atomic mass is 16.3. The van der Waals surface area contributed by atoms with Gasteiger partial charge in [0.15, 0.2) is 5.82 Å². The molecule has 0 spiro atoms. The summed E-state index contributed by atoms with van der Waals surface area (Å²) in [6.45, 7) is 1.16. The van der Waals surface area contributed by atoms with E-state index < -0.39 is 0 Å². The molecule has 0 aliphatic carbocycles. The minimum absolute atomic E-state index is 0.130. The zero-order chi connectivity index (χ0) is 19.8. The van der Waals surface area contributed by atoms with Gasteiger partial charge in [-0.05, 0) is 24.3 Å². The van der Waals surface area contributed by atoms with Crippen LogP contribution in [0, 0.1) is 0 Å². The molecule has 146 valence electrons. The molecular formula is C20H18N6O3. The lowest BCUT2D eigenvalue weighted by molar-refractivity contribution is -0.120. The first kappa shape index (κ1) is 17.2. The third kappa shape index (κ3) is 2.96. The Morgan fingerprint density at radius 3 is 2.83 bits per heavy atom. The molecule has 0 saturated carbocycles. The van der Waals surface area contributed by atoms with Crippen molar-refractivity contribution in [3.63, 3.8) is 0 Å². The maximum absolute atomic E-state index is 13.2. The monoisotopic (exact) mass is 390 g/mol. The largest absolute Gasteiger partial charge is 0.467 e. The number of fused-ring (bicyclic) bond motifs is 3. The predicted octanol–water partition coefficient (Wildman–Crippen LogP) is 1.78. The number of rotatable bonds is 5. The molecule has 2 aliphatic rings. The normalized spacial score (nSPS) is 15.2. The van der Waals surface area contributed by atoms with Crippen LogP contribution in [0.1, 0.15) is 11.3 Å². The molecule has 2 aliphatic heterocycles. The molecule has 29 heavy (non-hydrogen) atoms. The van der Waals surface area contributed by atoms with E-state index in [1.165, 1.54) is 4.90 Å². The number of amides is 3. The molecule has 0 bridgehead atoms. The number of hydrogen-bond donors (Lipinski definition) is 1. The molecule has 5 rings (SSSR count). The fraction of sp³-hybridized carbons (Fsp3) is 0.200. The van der Waals surface area contributed by atoms with Crippen molar-refractivity contribution >= 4 is 23.6 Å². The number of carbonyl (C=O) groups is 2. The van der Waals surface area contributed by atoms with E-state index in [1.54, 1.807) is 34.2 Å². The van der Waals surface area contributed by atoms with E-state index in [1.807, 2.05) is 30.3 Å². The van der Waals surface area contributed by atoms with Crippen molar-refractivity contribution in [2.24, 2.45) is 4.99 Å². The number of furan rings is 1. The Morgan fingerprint density at radius 2 is 2.03 bits per heavy atom. The molecule has 9 nitrogen and oxygen atoms in total. The molecule has 9 heteroatoms. The summed E-state index contributed by atoms with van der Waals surface area (Å²) in [5.74, 6) is 1.51. The van der Waals surface area contributed by atoms with Crippen LogP contribution in [0.15, 0.2) is 64.3 Å². The zero-order valence-electron chi connectivity index (χ0n) is 15.5. The maximum atomic E-state index is 13.2. The van der Waals surface area contributed by atoms with Crippen LogP contribution in [0.3, 0.4) is 0 Å². The number of nitrogens with zero attached hydrogens (tertiary/aromatic N) is 5. The third-order valence-corrected chi connectivity index (χ3v) is 4.89. The van der Waals surface area contributed by atoms with Gasteiger partial charge in [0.05, 0.1) is 36.8 Å². The van der Waals surface area contributed by atoms with Crippen LogP contribution in [0.4, 0.5) is 10.6 Å². The molecule has 3 aromatic rings. The standard InChI is InChI=1S/C20H18N6O3/c27-17(22-11-15-7-4-10-29-15)13-25-19-16(18-21-8-9-24(18)20(25)28)12-23-26(19)14-5-2-1-3-6-14/h1-7,10,12H,8-9,11,13H2,(H,22,27). The molecule has 0 radical (unpaired) electrons. The second-order valence-corrected chi connectivity index (χ2v) is 6.71. The van der Waals surface area contributed by atoms with Crippen LogP contribution in [0.25, 0.3) is 5.69 Å². The van der Waals surface area contributed by atoms with Gasteiger partial charge in [-0.2, -0.15) is 5.10 Å². The van der Waals surface area contributed by atoms with Crippen molar-refractivity contribution in [1.29, 1.82) is 0 Å². The van der Waals surface area contributed by atoms with Crippen molar-refractivity contribution in [3.8, 4) is 5.69 Å². The summed E-state index contributed by atoms with van der Waals surface area (Å²) in [7, 11) is 0. The van der Waals surface area contributed by atoms with E-state index in [0.29, 0.717) is 30.5 Å². The van der Waals surface area contributed by atoms with Gasteiger partial charge in [0.2, 0.25) is 5.91 Å². The summed E-state index contributed by atoms with van der Waals surface area (Å²) in [6, 6.07) is 12.8. The van der Waals surface area contributed by atoms with E-state index in [0.717, 1.165) is 11.3 Å². The molecule has 0 saturated heterocycles. The second kappa shape index (κ2) is 6.93. The molecule has 0 atom stereocenters. The van der Waals surface area contributed by atoms with Gasteiger partial charge < -0.3 is 9.73 Å². The molecule has 1 N–H and O–H groups in total. The van der Waals surface area contributed by atoms with E-state index in [2.05, 4.69) is 15.4 Å². The number of urea groups is 1. The average Bonchev–Trinajstić information content (AvgIpc) is 3.50. The van der Waals surface area contributed by atoms with Gasteiger partial charge in [-0.15, -0.1) is 0 Å². The number of hydrogen-bond acceptors (Lipinski definition) is 5. The summed E-state index contributed by atoms with van der Waals surface area (Å²) >= 11 is 0. The van der Waals surface area contributed by atoms with Crippen LogP contribution in [-0.4, -0.2) is 52.1 Å². The first-order chi connectivity index (χ1) is 14.2. The topological polar surface area (TPSA) is 96.0 Å². The first-order valence-corrected chi connectivity index (χ1v) is 9.29. The third-order valence-electron chi connectivity index (χ3n) is 4.89. The van der Waals surface area contributed by atoms with Gasteiger partial charge in [-0.1, -0.05) is 18.2 Å². The van der Waals surface area contributed by atoms with E-state index in [9.17, 15) is 9.59 Å². The Labute approximate surface area is 166 Å². The number of carbonyl (C=O) groups excluding carboxylic acids is 2. The minimum Gasteiger partial charge on any atom is -0.467 e. The van der Waals surface area contributed by atoms with Crippen molar-refractivity contribution in [3.05, 3.63) is 66.2 Å². The highest BCUT2D eigenvalue weighted by Crippen LogP contribution is 2.32. The first-order valence-electron chi connectivity index (χ1n) is 9.29. The Balaban J connectivity index is 1.48. The van der Waals surface area contributed by atoms with E-state index in [-0.39, 0.29) is 25.0 Å². The molecule has 2 aromatic heterocycles. The fourth-order valence-electron chi connectivity index (χ4n) is 3.56. The van der Waals surface area contributed by atoms with Gasteiger partial charge in [0.25, 0.3) is 0 Å². The number of amidine groups is 1. The zero-order valence-corrected chi connectivity index (χ0v) is 15.5. The highest BCUT2D eigenvalue weighted by Gasteiger charge is 2.41. The van der Waals surface area contributed by atoms with Crippen LogP contribution < -0.4 is 10.2 Å². The number of para-hydroxylation sites is 1. The lowest BCUT2D eigenvalue weighted by Crippen LogP contribution is -2.53. The maximum Gasteiger partial charge on any atom is 0.331 e. The van der Waals surface area contributed by atoms with E-state index >= 15 is 0 Å². The molecule has 0 fully saturated rings. The second-order valence-electron chi connectivity index (χ2n) is 6.71. The minimum atomic E-state index is -0.291. The summed E-state index contributed by atoms with van der Waals surface area (Å²) < 4.78 is 6.91. The van der Waals surface area contributed by atoms with Crippen molar-refractivity contribution in [1.82, 2.24) is 20.0 Å². The van der Waals surface area contributed by atoms with Gasteiger partial charge in [0.1, 0.15) is 18.1 Å². The molecular weight excluding hydrogens is 372 g/mol. The Morgan fingerprint density at radius 1 is 1.17 bits per heavy atom. The van der Waals surface area contributed by atoms with Crippen LogP contribution >= 0.6 is 0 Å². The Kier molecular flexibility index (Phi) is 4.12. The quantitative estimate of drug-likeness (QED) is 0.718. The molecule has 0 unspecified atom stereocenters. The fourth-order valence-corrected chi connectivity index (χ4v) is 3.56. The van der Waals surface area contributed by atoms with Gasteiger partial charge in [0, 0.05) is 6.54 Å². The van der Waals surface area contributed by atoms with Crippen molar-refractivity contribution in [2.75, 3.05) is 24.5 Å². The lowest BCUT2D eigenvalue weighted by atomic mass is 10.2. The predicted molar refractivity (Wildman–Crippen MR) is 105 cm³/mol. The van der Waals surface area contributed by atoms with Crippen molar-refractivity contribution in [2.45, 2.75) is 6.54 Å². The Bertz CT molecular complexity index is 1090. The molecule has 1 aromatic carbocycles. The SMILES string of the molecule is O=C(CN1C(=O)N2CCN=C2c2cnn(-c3ccccc3)c21)NCc1ccco1. The number of aliphatic imine (C=N–C) groups is 1. The summed E-state index contributed by atoms with van der Waals surface area (Å²) in [5, 5.41) is 7.27.